The van der Waals surface area contributed by atoms with Gasteiger partial charge in [0.15, 0.2) is 0 Å². The summed E-state index contributed by atoms with van der Waals surface area (Å²) in [5.41, 5.74) is 0.490. The summed E-state index contributed by atoms with van der Waals surface area (Å²) in [6.07, 6.45) is 8.25. The fourth-order valence-corrected chi connectivity index (χ4v) is 4.43. The van der Waals surface area contributed by atoms with Crippen molar-refractivity contribution in [2.75, 3.05) is 20.1 Å². The summed E-state index contributed by atoms with van der Waals surface area (Å²) in [6, 6.07) is 5.16. The number of hydrogen-bond donors (Lipinski definition) is 0. The van der Waals surface area contributed by atoms with Crippen LogP contribution in [0.2, 0.25) is 10.0 Å². The molecule has 126 valence electrons. The minimum Gasteiger partial charge on any atom is -0.323 e. The van der Waals surface area contributed by atoms with E-state index in [2.05, 4.69) is 4.90 Å². The predicted octanol–water partition coefficient (Wildman–Crippen LogP) is 4.82. The smallest absolute Gasteiger partial charge is 0.255 e. The fourth-order valence-electron chi connectivity index (χ4n) is 4.13. The second-order valence-electron chi connectivity index (χ2n) is 6.73. The lowest BCUT2D eigenvalue weighted by molar-refractivity contribution is -0.0440. The molecule has 0 radical (unpaired) electrons. The predicted molar refractivity (Wildman–Crippen MR) is 95.2 cm³/mol. The van der Waals surface area contributed by atoms with Gasteiger partial charge in [-0.3, -0.25) is 9.69 Å². The Bertz CT molecular complexity index is 578. The van der Waals surface area contributed by atoms with Gasteiger partial charge in [0.25, 0.3) is 5.91 Å². The van der Waals surface area contributed by atoms with Crippen LogP contribution in [0, 0.1) is 0 Å². The van der Waals surface area contributed by atoms with Gasteiger partial charge in [0.1, 0.15) is 0 Å². The van der Waals surface area contributed by atoms with Crippen LogP contribution in [0.25, 0.3) is 0 Å². The molecule has 0 aromatic heterocycles. The molecule has 1 aromatic rings. The van der Waals surface area contributed by atoms with Gasteiger partial charge in [-0.1, -0.05) is 29.6 Å². The Hall–Kier alpha value is -0.770. The van der Waals surface area contributed by atoms with E-state index in [1.165, 1.54) is 32.1 Å². The van der Waals surface area contributed by atoms with Crippen LogP contribution in [0.1, 0.15) is 55.3 Å². The molecule has 1 heterocycles. The maximum Gasteiger partial charge on any atom is 0.255 e. The highest BCUT2D eigenvalue weighted by atomic mass is 35.5. The van der Waals surface area contributed by atoms with Crippen molar-refractivity contribution in [1.82, 2.24) is 9.80 Å². The van der Waals surface area contributed by atoms with E-state index in [1.807, 2.05) is 11.9 Å². The average Bonchev–Trinajstić information content (AvgIpc) is 3.12. The highest BCUT2D eigenvalue weighted by Gasteiger charge is 2.44. The first kappa shape index (κ1) is 17.1. The first-order valence-electron chi connectivity index (χ1n) is 8.53. The molecule has 0 unspecified atom stereocenters. The molecule has 23 heavy (non-hydrogen) atoms. The van der Waals surface area contributed by atoms with Crippen LogP contribution in [-0.4, -0.2) is 41.5 Å². The normalized spacial score (nSPS) is 21.3. The Morgan fingerprint density at radius 1 is 1.04 bits per heavy atom. The number of likely N-dealkylation sites (tertiary alicyclic amines) is 1. The number of halogens is 2. The van der Waals surface area contributed by atoms with Crippen molar-refractivity contribution >= 4 is 29.1 Å². The minimum atomic E-state index is -0.127. The number of nitrogens with zero attached hydrogens (tertiary/aromatic N) is 2. The van der Waals surface area contributed by atoms with Gasteiger partial charge in [-0.05, 0) is 56.7 Å². The van der Waals surface area contributed by atoms with E-state index in [0.29, 0.717) is 15.6 Å². The monoisotopic (exact) mass is 354 g/mol. The fraction of sp³-hybridized carbons (Fsp3) is 0.611. The summed E-state index contributed by atoms with van der Waals surface area (Å²) in [5, 5.41) is 0.919. The number of carbonyl (C=O) groups is 1. The molecule has 0 atom stereocenters. The van der Waals surface area contributed by atoms with E-state index in [0.717, 1.165) is 25.9 Å². The molecular formula is C18H24Cl2N2O. The highest BCUT2D eigenvalue weighted by molar-refractivity contribution is 6.42. The number of rotatable bonds is 3. The molecule has 1 aliphatic heterocycles. The molecule has 0 N–H and O–H groups in total. The molecule has 3 rings (SSSR count). The van der Waals surface area contributed by atoms with Gasteiger partial charge in [-0.2, -0.15) is 0 Å². The van der Waals surface area contributed by atoms with Crippen molar-refractivity contribution in [3.05, 3.63) is 33.8 Å². The maximum absolute atomic E-state index is 13.1. The number of hydrogen-bond acceptors (Lipinski definition) is 2. The summed E-state index contributed by atoms with van der Waals surface area (Å²) in [7, 11) is 1.95. The van der Waals surface area contributed by atoms with Crippen molar-refractivity contribution in [2.24, 2.45) is 0 Å². The summed E-state index contributed by atoms with van der Waals surface area (Å²) < 4.78 is 0. The van der Waals surface area contributed by atoms with Gasteiger partial charge in [0.2, 0.25) is 0 Å². The third kappa shape index (κ3) is 3.24. The maximum atomic E-state index is 13.1. The summed E-state index contributed by atoms with van der Waals surface area (Å²) in [6.45, 7) is 2.19. The third-order valence-electron chi connectivity index (χ3n) is 5.44. The summed E-state index contributed by atoms with van der Waals surface area (Å²) in [5.74, 6) is 0.0392. The molecule has 2 fully saturated rings. The SMILES string of the molecule is CN(C(=O)c1ccc(Cl)c(Cl)c1)C1(N2CCCC2)CCCCC1. The number of benzene rings is 1. The first-order chi connectivity index (χ1) is 11.0. The zero-order chi connectivity index (χ0) is 16.4. The molecule has 1 aliphatic carbocycles. The van der Waals surface area contributed by atoms with Crippen molar-refractivity contribution in [2.45, 2.75) is 50.6 Å². The van der Waals surface area contributed by atoms with E-state index >= 15 is 0 Å². The molecule has 5 heteroatoms. The van der Waals surface area contributed by atoms with Gasteiger partial charge < -0.3 is 4.90 Å². The van der Waals surface area contributed by atoms with E-state index in [4.69, 9.17) is 23.2 Å². The van der Waals surface area contributed by atoms with Crippen molar-refractivity contribution in [3.63, 3.8) is 0 Å². The average molecular weight is 355 g/mol. The summed E-state index contributed by atoms with van der Waals surface area (Å²) in [4.78, 5) is 17.6. The molecule has 0 bridgehead atoms. The molecule has 0 spiro atoms. The van der Waals surface area contributed by atoms with Crippen LogP contribution in [0.4, 0.5) is 0 Å². The lowest BCUT2D eigenvalue weighted by atomic mass is 9.86. The van der Waals surface area contributed by atoms with Gasteiger partial charge in [0, 0.05) is 25.7 Å². The lowest BCUT2D eigenvalue weighted by Crippen LogP contribution is -2.61. The van der Waals surface area contributed by atoms with Crippen LogP contribution in [-0.2, 0) is 0 Å². The third-order valence-corrected chi connectivity index (χ3v) is 6.18. The van der Waals surface area contributed by atoms with Gasteiger partial charge in [-0.15, -0.1) is 0 Å². The quantitative estimate of drug-likeness (QED) is 0.776. The Labute approximate surface area is 148 Å². The van der Waals surface area contributed by atoms with Crippen LogP contribution in [0.3, 0.4) is 0 Å². The second kappa shape index (κ2) is 7.00. The summed E-state index contributed by atoms with van der Waals surface area (Å²) >= 11 is 12.1. The highest BCUT2D eigenvalue weighted by Crippen LogP contribution is 2.39. The topological polar surface area (TPSA) is 23.6 Å². The molecule has 1 amide bonds. The molecule has 1 saturated carbocycles. The van der Waals surface area contributed by atoms with Gasteiger partial charge in [0.05, 0.1) is 15.7 Å². The van der Waals surface area contributed by atoms with E-state index in [9.17, 15) is 4.79 Å². The molecule has 1 aromatic carbocycles. The molecule has 2 aliphatic rings. The largest absolute Gasteiger partial charge is 0.323 e. The standard InChI is InChI=1S/C18H24Cl2N2O/c1-21(17(23)14-7-8-15(19)16(20)13-14)18(9-3-2-4-10-18)22-11-5-6-12-22/h7-8,13H,2-6,9-12H2,1H3. The molecular weight excluding hydrogens is 331 g/mol. The van der Waals surface area contributed by atoms with Crippen LogP contribution in [0.5, 0.6) is 0 Å². The van der Waals surface area contributed by atoms with E-state index < -0.39 is 0 Å². The van der Waals surface area contributed by atoms with E-state index in [1.54, 1.807) is 18.2 Å². The Morgan fingerprint density at radius 2 is 1.70 bits per heavy atom. The lowest BCUT2D eigenvalue weighted by Gasteiger charge is -2.50. The van der Waals surface area contributed by atoms with Crippen LogP contribution < -0.4 is 0 Å². The zero-order valence-electron chi connectivity index (χ0n) is 13.7. The molecule has 3 nitrogen and oxygen atoms in total. The Kier molecular flexibility index (Phi) is 5.19. The minimum absolute atomic E-state index is 0.0392. The van der Waals surface area contributed by atoms with Crippen LogP contribution >= 0.6 is 23.2 Å². The Balaban J connectivity index is 1.88. The first-order valence-corrected chi connectivity index (χ1v) is 9.28. The molecule has 1 saturated heterocycles. The van der Waals surface area contributed by atoms with Gasteiger partial charge >= 0.3 is 0 Å². The second-order valence-corrected chi connectivity index (χ2v) is 7.54. The van der Waals surface area contributed by atoms with Crippen LogP contribution in [0.15, 0.2) is 18.2 Å². The number of amides is 1. The van der Waals surface area contributed by atoms with Crippen molar-refractivity contribution in [1.29, 1.82) is 0 Å². The number of carbonyl (C=O) groups excluding carboxylic acids is 1. The van der Waals surface area contributed by atoms with Gasteiger partial charge in [-0.25, -0.2) is 0 Å². The van der Waals surface area contributed by atoms with Crippen molar-refractivity contribution < 1.29 is 4.79 Å². The Morgan fingerprint density at radius 3 is 2.30 bits per heavy atom. The zero-order valence-corrected chi connectivity index (χ0v) is 15.2. The van der Waals surface area contributed by atoms with E-state index in [-0.39, 0.29) is 11.6 Å². The van der Waals surface area contributed by atoms with Crippen molar-refractivity contribution in [3.8, 4) is 0 Å².